The number of aromatic nitrogens is 3. The van der Waals surface area contributed by atoms with Crippen molar-refractivity contribution in [1.82, 2.24) is 14.4 Å². The molecule has 7 unspecified atom stereocenters. The molecule has 0 aliphatic heterocycles. The van der Waals surface area contributed by atoms with Crippen molar-refractivity contribution in [2.45, 2.75) is 87.9 Å². The summed E-state index contributed by atoms with van der Waals surface area (Å²) in [4.78, 5) is 10.9. The van der Waals surface area contributed by atoms with E-state index in [0.29, 0.717) is 29.1 Å². The summed E-state index contributed by atoms with van der Waals surface area (Å²) in [5, 5.41) is 8.40. The Bertz CT molecular complexity index is 2520. The standard InChI is InChI=1S/C41H35N3O/c1-2-4-30-26(3-1)35-31(45-30)13-27-34-28(16-42-38-21-8-18-5-19(9-21)7-20(6-18)32(34)38)44-29-17-43-39-23-11-25-12-24-10-22(14-41(24,25)15-23)33(39)36(29)37(35)40(27)44/h1-4,13,16-25H,5-12,14-15H2. The number of fused-ring (bicyclic) bond motifs is 16. The molecule has 4 nitrogen and oxygen atoms in total. The summed E-state index contributed by atoms with van der Waals surface area (Å²) in [6, 6.07) is 11.2. The minimum atomic E-state index is 0.618. The van der Waals surface area contributed by atoms with Crippen molar-refractivity contribution < 1.29 is 4.42 Å². The third-order valence-corrected chi connectivity index (χ3v) is 15.4. The molecule has 15 rings (SSSR count). The van der Waals surface area contributed by atoms with Crippen LogP contribution in [0.25, 0.3) is 60.0 Å². The van der Waals surface area contributed by atoms with Crippen LogP contribution < -0.4 is 0 Å². The first-order chi connectivity index (χ1) is 22.2. The maximum atomic E-state index is 6.80. The summed E-state index contributed by atoms with van der Waals surface area (Å²) in [6.07, 6.45) is 18.4. The molecular weight excluding hydrogens is 550 g/mol. The van der Waals surface area contributed by atoms with Gasteiger partial charge in [0.2, 0.25) is 0 Å². The molecule has 7 bridgehead atoms. The Balaban J connectivity index is 1.21. The highest BCUT2D eigenvalue weighted by molar-refractivity contribution is 6.35. The van der Waals surface area contributed by atoms with Crippen molar-refractivity contribution in [3.05, 3.63) is 65.2 Å². The molecular formula is C41H35N3O. The molecule has 8 aliphatic rings. The van der Waals surface area contributed by atoms with Crippen LogP contribution in [0, 0.1) is 29.1 Å². The number of hydrogen-bond donors (Lipinski definition) is 0. The van der Waals surface area contributed by atoms with Crippen LogP contribution in [0.5, 0.6) is 0 Å². The van der Waals surface area contributed by atoms with Crippen molar-refractivity contribution in [1.29, 1.82) is 0 Å². The molecule has 5 saturated carbocycles. The lowest BCUT2D eigenvalue weighted by atomic mass is 9.56. The van der Waals surface area contributed by atoms with Crippen LogP contribution in [0.15, 0.2) is 47.1 Å². The van der Waals surface area contributed by atoms with Crippen LogP contribution in [-0.2, 0) is 0 Å². The molecule has 0 amide bonds. The Hall–Kier alpha value is -3.66. The molecule has 2 aromatic carbocycles. The Morgan fingerprint density at radius 3 is 2.20 bits per heavy atom. The van der Waals surface area contributed by atoms with E-state index in [-0.39, 0.29) is 0 Å². The fourth-order valence-corrected chi connectivity index (χ4v) is 14.2. The van der Waals surface area contributed by atoms with E-state index >= 15 is 0 Å². The van der Waals surface area contributed by atoms with Gasteiger partial charge in [0.1, 0.15) is 11.2 Å². The highest BCUT2D eigenvalue weighted by atomic mass is 16.3. The first-order valence-electron chi connectivity index (χ1n) is 18.1. The fraction of sp³-hybridized carbons (Fsp3) is 0.463. The zero-order valence-corrected chi connectivity index (χ0v) is 25.5. The van der Waals surface area contributed by atoms with Crippen molar-refractivity contribution in [2.75, 3.05) is 0 Å². The van der Waals surface area contributed by atoms with Gasteiger partial charge in [0, 0.05) is 55.5 Å². The van der Waals surface area contributed by atoms with Crippen LogP contribution in [0.4, 0.5) is 0 Å². The van der Waals surface area contributed by atoms with Gasteiger partial charge in [0.25, 0.3) is 0 Å². The molecule has 7 aromatic rings. The minimum absolute atomic E-state index is 0.618. The average molecular weight is 586 g/mol. The lowest BCUT2D eigenvalue weighted by Crippen LogP contribution is -2.41. The molecule has 0 N–H and O–H groups in total. The molecule has 5 fully saturated rings. The van der Waals surface area contributed by atoms with Crippen molar-refractivity contribution in [3.8, 4) is 0 Å². The van der Waals surface area contributed by atoms with Crippen molar-refractivity contribution in [2.24, 2.45) is 29.1 Å². The van der Waals surface area contributed by atoms with Crippen LogP contribution in [-0.4, -0.2) is 14.4 Å². The van der Waals surface area contributed by atoms with Gasteiger partial charge in [-0.2, -0.15) is 0 Å². The number of nitrogens with zero attached hydrogens (tertiary/aromatic N) is 3. The van der Waals surface area contributed by atoms with Gasteiger partial charge in [-0.25, -0.2) is 0 Å². The second-order valence-electron chi connectivity index (χ2n) is 17.0. The van der Waals surface area contributed by atoms with E-state index < -0.39 is 0 Å². The molecule has 7 atom stereocenters. The smallest absolute Gasteiger partial charge is 0.136 e. The van der Waals surface area contributed by atoms with Crippen LogP contribution in [0.1, 0.15) is 110 Å². The number of hydrogen-bond acceptors (Lipinski definition) is 3. The number of benzene rings is 2. The fourth-order valence-electron chi connectivity index (χ4n) is 14.2. The maximum Gasteiger partial charge on any atom is 0.136 e. The van der Waals surface area contributed by atoms with Gasteiger partial charge >= 0.3 is 0 Å². The highest BCUT2D eigenvalue weighted by Crippen LogP contribution is 2.76. The third-order valence-electron chi connectivity index (χ3n) is 15.4. The molecule has 4 heteroatoms. The molecule has 1 spiro atoms. The summed E-state index contributed by atoms with van der Waals surface area (Å²) in [5.41, 5.74) is 12.8. The van der Waals surface area contributed by atoms with Crippen LogP contribution in [0.2, 0.25) is 0 Å². The summed E-state index contributed by atoms with van der Waals surface area (Å²) >= 11 is 0. The second kappa shape index (κ2) is 7.01. The van der Waals surface area contributed by atoms with Gasteiger partial charge in [0.15, 0.2) is 0 Å². The SMILES string of the molecule is c1ccc2c(c1)oc1cc3c4c5c(ncc4n4c6cnc7c(c6c(c12)c34)C1CC2CC3CC7CC32C1)C1CC2CC(C1)CC5C2. The predicted octanol–water partition coefficient (Wildman–Crippen LogP) is 10.3. The first kappa shape index (κ1) is 22.8. The van der Waals surface area contributed by atoms with Crippen molar-refractivity contribution >= 4 is 60.0 Å². The number of para-hydroxylation sites is 1. The predicted molar refractivity (Wildman–Crippen MR) is 177 cm³/mol. The number of pyridine rings is 2. The monoisotopic (exact) mass is 585 g/mol. The molecule has 5 heterocycles. The van der Waals surface area contributed by atoms with Crippen molar-refractivity contribution in [3.63, 3.8) is 0 Å². The number of rotatable bonds is 0. The molecule has 45 heavy (non-hydrogen) atoms. The van der Waals surface area contributed by atoms with Gasteiger partial charge in [0.05, 0.1) is 28.9 Å². The highest BCUT2D eigenvalue weighted by Gasteiger charge is 2.66. The van der Waals surface area contributed by atoms with E-state index in [9.17, 15) is 0 Å². The van der Waals surface area contributed by atoms with Gasteiger partial charge < -0.3 is 8.82 Å². The van der Waals surface area contributed by atoms with E-state index in [1.165, 1.54) is 124 Å². The zero-order chi connectivity index (χ0) is 28.5. The lowest BCUT2D eigenvalue weighted by molar-refractivity contribution is 0.00321. The van der Waals surface area contributed by atoms with Gasteiger partial charge in [-0.05, 0) is 128 Å². The second-order valence-corrected chi connectivity index (χ2v) is 17.0. The van der Waals surface area contributed by atoms with Gasteiger partial charge in [-0.3, -0.25) is 9.97 Å². The van der Waals surface area contributed by atoms with Gasteiger partial charge in [-0.15, -0.1) is 0 Å². The Morgan fingerprint density at radius 1 is 0.622 bits per heavy atom. The molecule has 8 aliphatic carbocycles. The zero-order valence-electron chi connectivity index (χ0n) is 25.5. The summed E-state index contributed by atoms with van der Waals surface area (Å²) < 4.78 is 9.43. The van der Waals surface area contributed by atoms with E-state index in [1.807, 2.05) is 0 Å². The van der Waals surface area contributed by atoms with Crippen LogP contribution in [0.3, 0.4) is 0 Å². The van der Waals surface area contributed by atoms with E-state index in [2.05, 4.69) is 47.1 Å². The van der Waals surface area contributed by atoms with E-state index in [1.54, 1.807) is 11.1 Å². The molecule has 0 radical (unpaired) electrons. The summed E-state index contributed by atoms with van der Waals surface area (Å²) in [6.45, 7) is 0. The van der Waals surface area contributed by atoms with E-state index in [0.717, 1.165) is 34.8 Å². The largest absolute Gasteiger partial charge is 0.456 e. The first-order valence-corrected chi connectivity index (χ1v) is 18.1. The normalized spacial score (nSPS) is 37.0. The summed E-state index contributed by atoms with van der Waals surface area (Å²) in [5.74, 6) is 6.22. The Labute approximate surface area is 260 Å². The summed E-state index contributed by atoms with van der Waals surface area (Å²) in [7, 11) is 0. The van der Waals surface area contributed by atoms with Gasteiger partial charge in [-0.1, -0.05) is 18.2 Å². The average Bonchev–Trinajstić information content (AvgIpc) is 3.78. The Kier molecular flexibility index (Phi) is 3.55. The number of furan rings is 1. The minimum Gasteiger partial charge on any atom is -0.456 e. The van der Waals surface area contributed by atoms with E-state index in [4.69, 9.17) is 14.4 Å². The Morgan fingerprint density at radius 2 is 1.33 bits per heavy atom. The molecule has 0 saturated heterocycles. The third kappa shape index (κ3) is 2.34. The lowest BCUT2D eigenvalue weighted by Gasteiger charge is -2.48. The topological polar surface area (TPSA) is 43.3 Å². The quantitative estimate of drug-likeness (QED) is 0.178. The molecule has 5 aromatic heterocycles. The van der Waals surface area contributed by atoms with Crippen LogP contribution >= 0.6 is 0 Å². The molecule has 220 valence electrons. The maximum absolute atomic E-state index is 6.80.